The van der Waals surface area contributed by atoms with Gasteiger partial charge in [-0.1, -0.05) is 13.8 Å². The molecule has 1 aromatic rings. The van der Waals surface area contributed by atoms with E-state index in [4.69, 9.17) is 0 Å². The van der Waals surface area contributed by atoms with Gasteiger partial charge in [0.2, 0.25) is 5.82 Å². The van der Waals surface area contributed by atoms with E-state index in [0.29, 0.717) is 17.9 Å². The van der Waals surface area contributed by atoms with Crippen molar-refractivity contribution in [2.24, 2.45) is 7.05 Å². The number of nitro groups is 1. The van der Waals surface area contributed by atoms with Crippen molar-refractivity contribution in [1.29, 1.82) is 0 Å². The van der Waals surface area contributed by atoms with Crippen LogP contribution in [0, 0.1) is 10.1 Å². The Labute approximate surface area is 119 Å². The van der Waals surface area contributed by atoms with Gasteiger partial charge in [-0.05, 0) is 32.4 Å². The van der Waals surface area contributed by atoms with Crippen LogP contribution in [0.25, 0.3) is 0 Å². The summed E-state index contributed by atoms with van der Waals surface area (Å²) in [5.74, 6) is 0.537. The predicted molar refractivity (Wildman–Crippen MR) is 78.0 cm³/mol. The quantitative estimate of drug-likeness (QED) is 0.657. The molecule has 0 spiro atoms. The zero-order valence-corrected chi connectivity index (χ0v) is 12.4. The van der Waals surface area contributed by atoms with E-state index in [1.807, 2.05) is 6.92 Å². The summed E-state index contributed by atoms with van der Waals surface area (Å²) >= 11 is 0. The second-order valence-corrected chi connectivity index (χ2v) is 5.25. The highest BCUT2D eigenvalue weighted by molar-refractivity contribution is 5.60. The highest BCUT2D eigenvalue weighted by Gasteiger charge is 2.28. The molecule has 1 aliphatic rings. The first-order valence-corrected chi connectivity index (χ1v) is 7.25. The Kier molecular flexibility index (Phi) is 4.59. The average Bonchev–Trinajstić information content (AvgIpc) is 2.75. The van der Waals surface area contributed by atoms with Gasteiger partial charge in [0.25, 0.3) is 0 Å². The van der Waals surface area contributed by atoms with Crippen LogP contribution in [0.1, 0.15) is 32.4 Å². The maximum absolute atomic E-state index is 11.3. The van der Waals surface area contributed by atoms with Crippen LogP contribution >= 0.6 is 0 Å². The van der Waals surface area contributed by atoms with Crippen LogP contribution in [0.5, 0.6) is 0 Å². The molecule has 0 bridgehead atoms. The molecule has 1 atom stereocenters. The number of nitrogens with one attached hydrogen (secondary N) is 1. The number of aryl methyl sites for hydroxylation is 2. The minimum absolute atomic E-state index is 0.128. The van der Waals surface area contributed by atoms with Gasteiger partial charge in [0.05, 0.1) is 4.92 Å². The molecule has 1 aliphatic heterocycles. The number of aromatic nitrogens is 2. The number of rotatable bonds is 5. The van der Waals surface area contributed by atoms with Crippen LogP contribution in [-0.2, 0) is 13.5 Å². The number of piperidine rings is 1. The third-order valence-corrected chi connectivity index (χ3v) is 3.90. The smallest absolute Gasteiger partial charge is 0.333 e. The first-order valence-electron chi connectivity index (χ1n) is 7.25. The number of anilines is 1. The molecule has 0 amide bonds. The summed E-state index contributed by atoms with van der Waals surface area (Å²) in [4.78, 5) is 13.3. The van der Waals surface area contributed by atoms with Gasteiger partial charge in [0.1, 0.15) is 5.69 Å². The molecule has 0 saturated carbocycles. The number of likely N-dealkylation sites (tertiary alicyclic amines) is 1. The summed E-state index contributed by atoms with van der Waals surface area (Å²) in [6.45, 7) is 7.09. The van der Waals surface area contributed by atoms with E-state index in [2.05, 4.69) is 22.2 Å². The second kappa shape index (κ2) is 6.21. The van der Waals surface area contributed by atoms with Crippen molar-refractivity contribution in [3.63, 3.8) is 0 Å². The van der Waals surface area contributed by atoms with E-state index in [9.17, 15) is 10.1 Å². The topological polar surface area (TPSA) is 76.2 Å². The maximum Gasteiger partial charge on any atom is 0.333 e. The van der Waals surface area contributed by atoms with E-state index >= 15 is 0 Å². The molecule has 7 heteroatoms. The highest BCUT2D eigenvalue weighted by atomic mass is 16.6. The molecule has 1 N–H and O–H groups in total. The van der Waals surface area contributed by atoms with Crippen molar-refractivity contribution >= 4 is 11.5 Å². The molecular formula is C13H23N5O2. The Bertz CT molecular complexity index is 485. The molecule has 2 rings (SSSR count). The summed E-state index contributed by atoms with van der Waals surface area (Å²) < 4.78 is 1.60. The van der Waals surface area contributed by atoms with Gasteiger partial charge in [-0.2, -0.15) is 5.10 Å². The Morgan fingerprint density at radius 2 is 2.25 bits per heavy atom. The van der Waals surface area contributed by atoms with Gasteiger partial charge < -0.3 is 10.2 Å². The summed E-state index contributed by atoms with van der Waals surface area (Å²) in [5, 5.41) is 18.9. The first kappa shape index (κ1) is 14.8. The first-order chi connectivity index (χ1) is 9.56. The molecule has 20 heavy (non-hydrogen) atoms. The molecular weight excluding hydrogens is 258 g/mol. The Morgan fingerprint density at radius 3 is 2.85 bits per heavy atom. The van der Waals surface area contributed by atoms with Crippen LogP contribution in [0.4, 0.5) is 11.5 Å². The molecule has 0 aromatic carbocycles. The lowest BCUT2D eigenvalue weighted by atomic mass is 10.1. The van der Waals surface area contributed by atoms with Crippen LogP contribution < -0.4 is 5.32 Å². The minimum Gasteiger partial charge on any atom is -0.361 e. The Morgan fingerprint density at radius 1 is 1.50 bits per heavy atom. The third kappa shape index (κ3) is 2.92. The molecule has 1 saturated heterocycles. The Hall–Kier alpha value is -1.63. The van der Waals surface area contributed by atoms with Gasteiger partial charge in [-0.25, -0.2) is 4.68 Å². The molecule has 7 nitrogen and oxygen atoms in total. The fourth-order valence-electron chi connectivity index (χ4n) is 2.81. The molecule has 0 aliphatic carbocycles. The summed E-state index contributed by atoms with van der Waals surface area (Å²) in [6, 6.07) is 0.252. The lowest BCUT2D eigenvalue weighted by Crippen LogP contribution is -2.42. The second-order valence-electron chi connectivity index (χ2n) is 5.25. The highest BCUT2D eigenvalue weighted by Crippen LogP contribution is 2.30. The lowest BCUT2D eigenvalue weighted by Gasteiger charge is -2.32. The normalized spacial score (nSPS) is 20.1. The van der Waals surface area contributed by atoms with E-state index in [1.165, 1.54) is 0 Å². The summed E-state index contributed by atoms with van der Waals surface area (Å²) in [7, 11) is 1.76. The molecule has 1 unspecified atom stereocenters. The van der Waals surface area contributed by atoms with Crippen molar-refractivity contribution in [3.05, 3.63) is 15.8 Å². The lowest BCUT2D eigenvalue weighted by molar-refractivity contribution is -0.384. The average molecular weight is 281 g/mol. The summed E-state index contributed by atoms with van der Waals surface area (Å²) in [5.41, 5.74) is 0.673. The fourth-order valence-corrected chi connectivity index (χ4v) is 2.81. The molecule has 2 heterocycles. The van der Waals surface area contributed by atoms with Gasteiger partial charge in [0.15, 0.2) is 0 Å². The van der Waals surface area contributed by atoms with Crippen molar-refractivity contribution in [3.8, 4) is 0 Å². The van der Waals surface area contributed by atoms with Crippen LogP contribution in [0.2, 0.25) is 0 Å². The van der Waals surface area contributed by atoms with E-state index in [0.717, 1.165) is 32.5 Å². The zero-order chi connectivity index (χ0) is 14.7. The van der Waals surface area contributed by atoms with Crippen molar-refractivity contribution in [2.45, 2.75) is 39.2 Å². The van der Waals surface area contributed by atoms with Crippen molar-refractivity contribution in [2.75, 3.05) is 25.0 Å². The third-order valence-electron chi connectivity index (χ3n) is 3.90. The van der Waals surface area contributed by atoms with Gasteiger partial charge in [-0.3, -0.25) is 10.1 Å². The van der Waals surface area contributed by atoms with Crippen molar-refractivity contribution in [1.82, 2.24) is 14.7 Å². The largest absolute Gasteiger partial charge is 0.361 e. The zero-order valence-electron chi connectivity index (χ0n) is 12.4. The molecule has 1 fully saturated rings. The van der Waals surface area contributed by atoms with E-state index in [-0.39, 0.29) is 16.7 Å². The predicted octanol–water partition coefficient (Wildman–Crippen LogP) is 1.79. The molecule has 1 aromatic heterocycles. The van der Waals surface area contributed by atoms with Gasteiger partial charge >= 0.3 is 5.69 Å². The number of nitrogens with zero attached hydrogens (tertiary/aromatic N) is 4. The van der Waals surface area contributed by atoms with Gasteiger partial charge in [0, 0.05) is 19.6 Å². The number of hydrogen-bond acceptors (Lipinski definition) is 5. The van der Waals surface area contributed by atoms with E-state index in [1.54, 1.807) is 11.7 Å². The molecule has 0 radical (unpaired) electrons. The molecule has 112 valence electrons. The van der Waals surface area contributed by atoms with Crippen molar-refractivity contribution < 1.29 is 4.92 Å². The van der Waals surface area contributed by atoms with Gasteiger partial charge in [-0.15, -0.1) is 0 Å². The minimum atomic E-state index is -0.325. The SMILES string of the molecule is CCc1nn(C)c(NC2CCCN(CC)C2)c1[N+](=O)[O-]. The number of hydrogen-bond donors (Lipinski definition) is 1. The maximum atomic E-state index is 11.3. The van der Waals surface area contributed by atoms with Crippen LogP contribution in [0.15, 0.2) is 0 Å². The number of likely N-dealkylation sites (N-methyl/N-ethyl adjacent to an activating group) is 1. The van der Waals surface area contributed by atoms with Crippen LogP contribution in [0.3, 0.4) is 0 Å². The van der Waals surface area contributed by atoms with E-state index < -0.39 is 0 Å². The Balaban J connectivity index is 2.20. The summed E-state index contributed by atoms with van der Waals surface area (Å²) in [6.07, 6.45) is 2.73. The standard InChI is InChI=1S/C13H23N5O2/c1-4-11-12(18(19)20)13(16(3)15-11)14-10-7-6-8-17(5-2)9-10/h10,14H,4-9H2,1-3H3. The fraction of sp³-hybridized carbons (Fsp3) is 0.769. The monoisotopic (exact) mass is 281 g/mol. The van der Waals surface area contributed by atoms with Crippen LogP contribution in [-0.4, -0.2) is 45.3 Å².